The van der Waals surface area contributed by atoms with Gasteiger partial charge in [-0.3, -0.25) is 19.5 Å². The molecular formula is C20H16FN7O2. The van der Waals surface area contributed by atoms with Crippen molar-refractivity contribution in [2.45, 2.75) is 25.3 Å². The summed E-state index contributed by atoms with van der Waals surface area (Å²) in [5.41, 5.74) is 2.73. The summed E-state index contributed by atoms with van der Waals surface area (Å²) in [4.78, 5) is 28.2. The maximum Gasteiger partial charge on any atom is 0.329 e. The molecule has 0 amide bonds. The second kappa shape index (κ2) is 7.14. The van der Waals surface area contributed by atoms with E-state index in [9.17, 15) is 14.5 Å². The SMILES string of the molecule is O=[N+]([O-])c1cnc(-c2cnc3ccc(F)cn23)nc1NC1CCCc2ncccc21. The van der Waals surface area contributed by atoms with Gasteiger partial charge in [-0.15, -0.1) is 0 Å². The number of rotatable bonds is 4. The molecule has 150 valence electrons. The number of imidazole rings is 1. The zero-order valence-electron chi connectivity index (χ0n) is 15.7. The van der Waals surface area contributed by atoms with E-state index in [-0.39, 0.29) is 23.4 Å². The first-order valence-corrected chi connectivity index (χ1v) is 9.45. The molecular weight excluding hydrogens is 389 g/mol. The quantitative estimate of drug-likeness (QED) is 0.407. The van der Waals surface area contributed by atoms with Gasteiger partial charge in [0, 0.05) is 18.1 Å². The topological polar surface area (TPSA) is 111 Å². The Kier molecular flexibility index (Phi) is 4.31. The third-order valence-corrected chi connectivity index (χ3v) is 5.18. The third-order valence-electron chi connectivity index (χ3n) is 5.18. The number of pyridine rings is 2. The fourth-order valence-corrected chi connectivity index (χ4v) is 3.78. The van der Waals surface area contributed by atoms with Crippen LogP contribution in [0.3, 0.4) is 0 Å². The van der Waals surface area contributed by atoms with Crippen molar-refractivity contribution in [1.82, 2.24) is 24.3 Å². The summed E-state index contributed by atoms with van der Waals surface area (Å²) in [5, 5.41) is 14.8. The largest absolute Gasteiger partial charge is 0.357 e. The molecule has 0 saturated carbocycles. The smallest absolute Gasteiger partial charge is 0.329 e. The van der Waals surface area contributed by atoms with Gasteiger partial charge in [-0.2, -0.15) is 0 Å². The highest BCUT2D eigenvalue weighted by molar-refractivity contribution is 5.63. The number of aromatic nitrogens is 5. The highest BCUT2D eigenvalue weighted by atomic mass is 19.1. The lowest BCUT2D eigenvalue weighted by Gasteiger charge is -2.25. The van der Waals surface area contributed by atoms with Crippen LogP contribution in [0.15, 0.2) is 49.1 Å². The number of hydrogen-bond donors (Lipinski definition) is 1. The van der Waals surface area contributed by atoms with Crippen molar-refractivity contribution in [2.75, 3.05) is 5.32 Å². The van der Waals surface area contributed by atoms with Crippen LogP contribution >= 0.6 is 0 Å². The van der Waals surface area contributed by atoms with E-state index in [2.05, 4.69) is 25.3 Å². The van der Waals surface area contributed by atoms with Gasteiger partial charge < -0.3 is 5.32 Å². The van der Waals surface area contributed by atoms with Crippen molar-refractivity contribution >= 4 is 17.2 Å². The maximum absolute atomic E-state index is 13.7. The molecule has 1 aliphatic rings. The highest BCUT2D eigenvalue weighted by Gasteiger charge is 2.26. The van der Waals surface area contributed by atoms with Crippen molar-refractivity contribution in [2.24, 2.45) is 0 Å². The summed E-state index contributed by atoms with van der Waals surface area (Å²) in [6.07, 6.45) is 8.29. The molecule has 30 heavy (non-hydrogen) atoms. The van der Waals surface area contributed by atoms with Gasteiger partial charge in [-0.1, -0.05) is 6.07 Å². The number of anilines is 1. The van der Waals surface area contributed by atoms with Crippen LogP contribution in [-0.4, -0.2) is 29.3 Å². The van der Waals surface area contributed by atoms with Gasteiger partial charge in [0.15, 0.2) is 5.82 Å². The molecule has 1 N–H and O–H groups in total. The first-order valence-electron chi connectivity index (χ1n) is 9.45. The van der Waals surface area contributed by atoms with Crippen LogP contribution in [0.4, 0.5) is 15.9 Å². The zero-order chi connectivity index (χ0) is 20.7. The first kappa shape index (κ1) is 18.1. The van der Waals surface area contributed by atoms with Gasteiger partial charge in [0.2, 0.25) is 5.82 Å². The maximum atomic E-state index is 13.7. The fraction of sp³-hybridized carbons (Fsp3) is 0.200. The fourth-order valence-electron chi connectivity index (χ4n) is 3.78. The number of nitrogens with one attached hydrogen (secondary N) is 1. The summed E-state index contributed by atoms with van der Waals surface area (Å²) in [5.74, 6) is -0.116. The van der Waals surface area contributed by atoms with E-state index in [1.54, 1.807) is 6.20 Å². The molecule has 10 heteroatoms. The van der Waals surface area contributed by atoms with Gasteiger partial charge >= 0.3 is 5.69 Å². The molecule has 4 aromatic rings. The van der Waals surface area contributed by atoms with Crippen molar-refractivity contribution in [3.05, 3.63) is 76.2 Å². The Labute approximate surface area is 169 Å². The summed E-state index contributed by atoms with van der Waals surface area (Å²) in [7, 11) is 0. The predicted octanol–water partition coefficient (Wildman–Crippen LogP) is 3.72. The van der Waals surface area contributed by atoms with Crippen LogP contribution in [0.2, 0.25) is 0 Å². The number of halogens is 1. The van der Waals surface area contributed by atoms with Crippen LogP contribution in [-0.2, 0) is 6.42 Å². The van der Waals surface area contributed by atoms with E-state index in [1.165, 1.54) is 28.9 Å². The molecule has 1 unspecified atom stereocenters. The molecule has 0 spiro atoms. The minimum absolute atomic E-state index is 0.109. The molecule has 0 radical (unpaired) electrons. The van der Waals surface area contributed by atoms with Gasteiger partial charge in [0.25, 0.3) is 0 Å². The van der Waals surface area contributed by atoms with Crippen molar-refractivity contribution in [1.29, 1.82) is 0 Å². The molecule has 0 aliphatic heterocycles. The average molecular weight is 405 g/mol. The molecule has 0 saturated heterocycles. The lowest BCUT2D eigenvalue weighted by Crippen LogP contribution is -2.19. The van der Waals surface area contributed by atoms with Crippen LogP contribution in [0.5, 0.6) is 0 Å². The highest BCUT2D eigenvalue weighted by Crippen LogP contribution is 2.34. The van der Waals surface area contributed by atoms with E-state index >= 15 is 0 Å². The number of nitro groups is 1. The van der Waals surface area contributed by atoms with Crippen molar-refractivity contribution in [3.63, 3.8) is 0 Å². The molecule has 0 fully saturated rings. The van der Waals surface area contributed by atoms with Crippen molar-refractivity contribution in [3.8, 4) is 11.5 Å². The van der Waals surface area contributed by atoms with Gasteiger partial charge in [0.05, 0.1) is 17.2 Å². The Morgan fingerprint density at radius 3 is 2.97 bits per heavy atom. The molecule has 9 nitrogen and oxygen atoms in total. The number of fused-ring (bicyclic) bond motifs is 2. The van der Waals surface area contributed by atoms with Crippen LogP contribution < -0.4 is 5.32 Å². The number of aryl methyl sites for hydroxylation is 1. The molecule has 0 aromatic carbocycles. The second-order valence-corrected chi connectivity index (χ2v) is 7.03. The number of hydrogen-bond acceptors (Lipinski definition) is 7. The number of nitrogens with zero attached hydrogens (tertiary/aromatic N) is 6. The zero-order valence-corrected chi connectivity index (χ0v) is 15.7. The first-order chi connectivity index (χ1) is 14.6. The summed E-state index contributed by atoms with van der Waals surface area (Å²) in [6.45, 7) is 0. The Morgan fingerprint density at radius 2 is 2.10 bits per heavy atom. The van der Waals surface area contributed by atoms with E-state index in [4.69, 9.17) is 0 Å². The van der Waals surface area contributed by atoms with Gasteiger partial charge in [-0.05, 0) is 43.0 Å². The van der Waals surface area contributed by atoms with Crippen LogP contribution in [0, 0.1) is 15.9 Å². The second-order valence-electron chi connectivity index (χ2n) is 7.03. The molecule has 5 rings (SSSR count). The van der Waals surface area contributed by atoms with Crippen LogP contribution in [0.1, 0.15) is 30.1 Å². The Bertz CT molecular complexity index is 1270. The predicted molar refractivity (Wildman–Crippen MR) is 106 cm³/mol. The average Bonchev–Trinajstić information content (AvgIpc) is 3.17. The summed E-state index contributed by atoms with van der Waals surface area (Å²) < 4.78 is 15.2. The van der Waals surface area contributed by atoms with Crippen molar-refractivity contribution < 1.29 is 9.31 Å². The Hall–Kier alpha value is -3.95. The van der Waals surface area contributed by atoms with E-state index in [0.29, 0.717) is 11.3 Å². The lowest BCUT2D eigenvalue weighted by molar-refractivity contribution is -0.384. The van der Waals surface area contributed by atoms with Crippen LogP contribution in [0.25, 0.3) is 17.2 Å². The monoisotopic (exact) mass is 405 g/mol. The molecule has 4 heterocycles. The lowest BCUT2D eigenvalue weighted by atomic mass is 9.91. The van der Waals surface area contributed by atoms with E-state index < -0.39 is 10.7 Å². The summed E-state index contributed by atoms with van der Waals surface area (Å²) in [6, 6.07) is 6.52. The van der Waals surface area contributed by atoms with E-state index in [1.807, 2.05) is 12.1 Å². The summed E-state index contributed by atoms with van der Waals surface area (Å²) >= 11 is 0. The minimum atomic E-state index is -0.521. The van der Waals surface area contributed by atoms with Gasteiger partial charge in [-0.25, -0.2) is 19.3 Å². The standard InChI is InChI=1S/C20H16FN7O2/c21-12-6-7-18-23-9-16(27(18)11-12)19-24-10-17(28(29)30)20(26-19)25-15-5-1-4-14-13(15)3-2-8-22-14/h2-3,6-11,15H,1,4-5H2,(H,24,25,26). The normalized spacial score (nSPS) is 15.7. The molecule has 4 aromatic heterocycles. The molecule has 0 bridgehead atoms. The van der Waals surface area contributed by atoms with Gasteiger partial charge in [0.1, 0.15) is 23.4 Å². The Morgan fingerprint density at radius 1 is 1.20 bits per heavy atom. The molecule has 1 atom stereocenters. The molecule has 1 aliphatic carbocycles. The Balaban J connectivity index is 1.58. The minimum Gasteiger partial charge on any atom is -0.357 e. The van der Waals surface area contributed by atoms with E-state index in [0.717, 1.165) is 36.7 Å². The third kappa shape index (κ3) is 3.11.